The van der Waals surface area contributed by atoms with Gasteiger partial charge in [-0.3, -0.25) is 14.8 Å². The van der Waals surface area contributed by atoms with Gasteiger partial charge in [0.25, 0.3) is 11.5 Å². The van der Waals surface area contributed by atoms with Crippen molar-refractivity contribution in [2.24, 2.45) is 0 Å². The first-order valence-electron chi connectivity index (χ1n) is 11.7. The first kappa shape index (κ1) is 28.5. The van der Waals surface area contributed by atoms with Crippen LogP contribution in [0.2, 0.25) is 0 Å². The molecule has 1 aromatic heterocycles. The van der Waals surface area contributed by atoms with E-state index >= 15 is 0 Å². The summed E-state index contributed by atoms with van der Waals surface area (Å²) in [6, 6.07) is 11.7. The molecular formula is C26H32FN3O6S. The molecule has 9 nitrogen and oxygen atoms in total. The minimum atomic E-state index is -3.89. The van der Waals surface area contributed by atoms with Crippen LogP contribution in [0.15, 0.2) is 53.5 Å². The standard InChI is InChI=1S/C26H32FN3O6S/c1-17(36-3)15-28-16-18-5-7-21(23(27)13-18)19-6-8-22-20(14-19)9-11-30(24(22)31)12-10-26(2,25(32)29-33)37(4,34)35/h5-9,11,13-14,17,28,33H,10,12,15-16H2,1-4H3,(H,29,32)/t17-,26-/m1/s1. The molecule has 0 unspecified atom stereocenters. The van der Waals surface area contributed by atoms with Crippen LogP contribution in [0.25, 0.3) is 21.9 Å². The number of aromatic nitrogens is 1. The summed E-state index contributed by atoms with van der Waals surface area (Å²) < 4.78 is 43.9. The Balaban J connectivity index is 1.83. The van der Waals surface area contributed by atoms with Crippen molar-refractivity contribution in [1.29, 1.82) is 0 Å². The number of hydrogen-bond acceptors (Lipinski definition) is 7. The number of hydrogen-bond donors (Lipinski definition) is 3. The second-order valence-corrected chi connectivity index (χ2v) is 11.7. The number of ether oxygens (including phenoxy) is 1. The fourth-order valence-corrected chi connectivity index (χ4v) is 4.80. The number of rotatable bonds is 11. The molecule has 0 radical (unpaired) electrons. The molecule has 200 valence electrons. The molecule has 1 amide bonds. The summed E-state index contributed by atoms with van der Waals surface area (Å²) in [5.74, 6) is -1.45. The lowest BCUT2D eigenvalue weighted by Gasteiger charge is -2.25. The lowest BCUT2D eigenvalue weighted by molar-refractivity contribution is -0.131. The number of carbonyl (C=O) groups excluding carboxylic acids is 1. The molecule has 11 heteroatoms. The summed E-state index contributed by atoms with van der Waals surface area (Å²) in [5, 5.41) is 13.2. The fourth-order valence-electron chi connectivity index (χ4n) is 3.96. The first-order valence-corrected chi connectivity index (χ1v) is 13.6. The van der Waals surface area contributed by atoms with Crippen molar-refractivity contribution in [2.75, 3.05) is 19.9 Å². The van der Waals surface area contributed by atoms with E-state index in [4.69, 9.17) is 9.94 Å². The normalized spacial score (nSPS) is 14.3. The first-order chi connectivity index (χ1) is 17.4. The molecule has 2 aromatic carbocycles. The number of sulfone groups is 1. The molecule has 0 fully saturated rings. The van der Waals surface area contributed by atoms with Gasteiger partial charge < -0.3 is 14.6 Å². The van der Waals surface area contributed by atoms with Gasteiger partial charge in [0.2, 0.25) is 0 Å². The lowest BCUT2D eigenvalue weighted by Crippen LogP contribution is -2.49. The molecule has 2 atom stereocenters. The van der Waals surface area contributed by atoms with E-state index in [2.05, 4.69) is 5.32 Å². The lowest BCUT2D eigenvalue weighted by atomic mass is 10.00. The summed E-state index contributed by atoms with van der Waals surface area (Å²) in [6.45, 7) is 4.21. The SMILES string of the molecule is CO[C@H](C)CNCc1ccc(-c2ccc3c(=O)n(CC[C@](C)(C(=O)NO)S(C)(=O)=O)ccc3c2)c(F)c1. The van der Waals surface area contributed by atoms with Crippen molar-refractivity contribution in [1.82, 2.24) is 15.4 Å². The number of nitrogens with one attached hydrogen (secondary N) is 2. The van der Waals surface area contributed by atoms with E-state index in [-0.39, 0.29) is 30.4 Å². The van der Waals surface area contributed by atoms with Gasteiger partial charge in [-0.2, -0.15) is 0 Å². The van der Waals surface area contributed by atoms with E-state index in [1.807, 2.05) is 13.0 Å². The maximum absolute atomic E-state index is 14.9. The van der Waals surface area contributed by atoms with Crippen LogP contribution in [0.5, 0.6) is 0 Å². The Morgan fingerprint density at radius 2 is 1.95 bits per heavy atom. The molecule has 3 aromatic rings. The van der Waals surface area contributed by atoms with E-state index in [1.165, 1.54) is 29.2 Å². The second-order valence-electron chi connectivity index (χ2n) is 9.30. The number of halogens is 1. The van der Waals surface area contributed by atoms with Gasteiger partial charge in [0, 0.05) is 50.1 Å². The maximum Gasteiger partial charge on any atom is 0.264 e. The van der Waals surface area contributed by atoms with Crippen LogP contribution in [0.3, 0.4) is 0 Å². The van der Waals surface area contributed by atoms with Crippen LogP contribution >= 0.6 is 0 Å². The summed E-state index contributed by atoms with van der Waals surface area (Å²) in [5.41, 5.74) is 2.82. The summed E-state index contributed by atoms with van der Waals surface area (Å²) in [6.07, 6.45) is 2.23. The third kappa shape index (κ3) is 6.24. The zero-order valence-corrected chi connectivity index (χ0v) is 22.1. The molecule has 3 rings (SSSR count). The van der Waals surface area contributed by atoms with Crippen LogP contribution < -0.4 is 16.4 Å². The van der Waals surface area contributed by atoms with Crippen LogP contribution in [-0.2, 0) is 32.5 Å². The molecule has 0 aliphatic carbocycles. The van der Waals surface area contributed by atoms with E-state index in [0.717, 1.165) is 11.8 Å². The molecule has 0 bridgehead atoms. The molecule has 37 heavy (non-hydrogen) atoms. The van der Waals surface area contributed by atoms with Gasteiger partial charge >= 0.3 is 0 Å². The Kier molecular flexibility index (Phi) is 8.85. The Morgan fingerprint density at radius 1 is 1.22 bits per heavy atom. The number of aryl methyl sites for hydroxylation is 1. The number of pyridine rings is 1. The van der Waals surface area contributed by atoms with E-state index in [0.29, 0.717) is 35.0 Å². The highest BCUT2D eigenvalue weighted by Gasteiger charge is 2.43. The highest BCUT2D eigenvalue weighted by Crippen LogP contribution is 2.27. The number of nitrogens with zero attached hydrogens (tertiary/aromatic N) is 1. The number of benzene rings is 2. The van der Waals surface area contributed by atoms with Crippen molar-refractivity contribution in [2.45, 2.75) is 44.2 Å². The average Bonchev–Trinajstić information content (AvgIpc) is 2.86. The number of methoxy groups -OCH3 is 1. The van der Waals surface area contributed by atoms with Gasteiger partial charge in [-0.05, 0) is 61.0 Å². The van der Waals surface area contributed by atoms with Gasteiger partial charge in [-0.1, -0.05) is 18.2 Å². The van der Waals surface area contributed by atoms with E-state index < -0.39 is 20.5 Å². The third-order valence-corrected chi connectivity index (χ3v) is 8.74. The Morgan fingerprint density at radius 3 is 2.57 bits per heavy atom. The number of amides is 1. The third-order valence-electron chi connectivity index (χ3n) is 6.71. The van der Waals surface area contributed by atoms with Gasteiger partial charge in [0.05, 0.1) is 6.10 Å². The van der Waals surface area contributed by atoms with Crippen LogP contribution in [-0.4, -0.2) is 54.9 Å². The molecule has 0 saturated heterocycles. The Hall–Kier alpha value is -3.12. The van der Waals surface area contributed by atoms with E-state index in [1.54, 1.807) is 37.4 Å². The topological polar surface area (TPSA) is 127 Å². The second kappa shape index (κ2) is 11.5. The van der Waals surface area contributed by atoms with Crippen molar-refractivity contribution >= 4 is 26.5 Å². The smallest absolute Gasteiger partial charge is 0.264 e. The van der Waals surface area contributed by atoms with Gasteiger partial charge in [-0.15, -0.1) is 0 Å². The van der Waals surface area contributed by atoms with Gasteiger partial charge in [-0.25, -0.2) is 18.3 Å². The molecule has 3 N–H and O–H groups in total. The van der Waals surface area contributed by atoms with Crippen molar-refractivity contribution < 1.29 is 27.5 Å². The van der Waals surface area contributed by atoms with Crippen molar-refractivity contribution in [3.05, 3.63) is 70.4 Å². The Bertz CT molecular complexity index is 1460. The highest BCUT2D eigenvalue weighted by molar-refractivity contribution is 7.92. The fraction of sp³-hybridized carbons (Fsp3) is 0.385. The minimum absolute atomic E-state index is 0.0514. The molecule has 1 heterocycles. The zero-order chi connectivity index (χ0) is 27.4. The van der Waals surface area contributed by atoms with Gasteiger partial charge in [0.15, 0.2) is 14.6 Å². The highest BCUT2D eigenvalue weighted by atomic mass is 32.2. The Labute approximate surface area is 215 Å². The summed E-state index contributed by atoms with van der Waals surface area (Å²) in [7, 11) is -2.26. The summed E-state index contributed by atoms with van der Waals surface area (Å²) >= 11 is 0. The average molecular weight is 534 g/mol. The molecule has 0 saturated carbocycles. The number of hydroxylamine groups is 1. The maximum atomic E-state index is 14.9. The van der Waals surface area contributed by atoms with Gasteiger partial charge in [0.1, 0.15) is 5.82 Å². The molecule has 0 spiro atoms. The monoisotopic (exact) mass is 533 g/mol. The quantitative estimate of drug-likeness (QED) is 0.255. The zero-order valence-electron chi connectivity index (χ0n) is 21.2. The molecular weight excluding hydrogens is 501 g/mol. The molecule has 0 aliphatic heterocycles. The van der Waals surface area contributed by atoms with E-state index in [9.17, 15) is 22.4 Å². The minimum Gasteiger partial charge on any atom is -0.380 e. The predicted octanol–water partition coefficient (Wildman–Crippen LogP) is 2.63. The number of carbonyl (C=O) groups is 1. The van der Waals surface area contributed by atoms with Crippen molar-refractivity contribution in [3.63, 3.8) is 0 Å². The number of fused-ring (bicyclic) bond motifs is 1. The van der Waals surface area contributed by atoms with Crippen LogP contribution in [0, 0.1) is 5.82 Å². The van der Waals surface area contributed by atoms with Crippen molar-refractivity contribution in [3.8, 4) is 11.1 Å². The van der Waals surface area contributed by atoms with Crippen LogP contribution in [0.1, 0.15) is 25.8 Å². The largest absolute Gasteiger partial charge is 0.380 e. The van der Waals surface area contributed by atoms with Crippen LogP contribution in [0.4, 0.5) is 4.39 Å². The summed E-state index contributed by atoms with van der Waals surface area (Å²) in [4.78, 5) is 25.1. The predicted molar refractivity (Wildman–Crippen MR) is 140 cm³/mol. The molecule has 0 aliphatic rings.